The van der Waals surface area contributed by atoms with Gasteiger partial charge in [-0.3, -0.25) is 4.79 Å². The lowest BCUT2D eigenvalue weighted by molar-refractivity contribution is -0.127. The molecule has 0 aromatic carbocycles. The first-order chi connectivity index (χ1) is 15.2. The van der Waals surface area contributed by atoms with E-state index < -0.39 is 0 Å². The molecular weight excluding hydrogens is 440 g/mol. The van der Waals surface area contributed by atoms with Crippen LogP contribution >= 0.6 is 23.1 Å². The first-order valence-electron chi connectivity index (χ1n) is 11.4. The van der Waals surface area contributed by atoms with Crippen molar-refractivity contribution in [2.75, 3.05) is 18.8 Å². The summed E-state index contributed by atoms with van der Waals surface area (Å²) in [5, 5.41) is 2.01. The number of rotatable bonds is 7. The minimum absolute atomic E-state index is 0.140. The van der Waals surface area contributed by atoms with Crippen LogP contribution in [0.2, 0.25) is 0 Å². The van der Waals surface area contributed by atoms with E-state index in [9.17, 15) is 4.79 Å². The molecule has 1 amide bonds. The molecule has 4 heterocycles. The summed E-state index contributed by atoms with van der Waals surface area (Å²) >= 11 is 3.15. The van der Waals surface area contributed by atoms with Gasteiger partial charge in [0.15, 0.2) is 0 Å². The Morgan fingerprint density at radius 3 is 2.69 bits per heavy atom. The fourth-order valence-electron chi connectivity index (χ4n) is 4.31. The summed E-state index contributed by atoms with van der Waals surface area (Å²) in [6, 6.07) is 0. The second-order valence-corrected chi connectivity index (χ2v) is 11.3. The van der Waals surface area contributed by atoms with Crippen molar-refractivity contribution in [2.45, 2.75) is 71.6 Å². The third kappa shape index (κ3) is 4.50. The third-order valence-electron chi connectivity index (χ3n) is 5.93. The van der Waals surface area contributed by atoms with E-state index in [2.05, 4.69) is 37.7 Å². The number of nitrogens with zero attached hydrogens (tertiary/aromatic N) is 4. The smallest absolute Gasteiger partial charge is 0.232 e. The number of hydrogen-bond acceptors (Lipinski definition) is 7. The van der Waals surface area contributed by atoms with Crippen LogP contribution in [0.3, 0.4) is 0 Å². The van der Waals surface area contributed by atoms with Gasteiger partial charge in [0.2, 0.25) is 5.91 Å². The molecule has 0 saturated carbocycles. The maximum atomic E-state index is 12.5. The molecule has 3 aromatic heterocycles. The zero-order chi connectivity index (χ0) is 23.0. The van der Waals surface area contributed by atoms with E-state index in [0.29, 0.717) is 18.3 Å². The Bertz CT molecular complexity index is 1150. The summed E-state index contributed by atoms with van der Waals surface area (Å²) in [7, 11) is 0. The molecule has 0 aliphatic carbocycles. The Kier molecular flexibility index (Phi) is 6.75. The Morgan fingerprint density at radius 2 is 2.00 bits per heavy atom. The fraction of sp³-hybridized carbons (Fsp3) is 0.583. The number of aromatic nitrogens is 3. The Hall–Kier alpha value is -1.77. The molecule has 0 bridgehead atoms. The van der Waals surface area contributed by atoms with Crippen molar-refractivity contribution < 1.29 is 9.53 Å². The molecule has 3 aromatic rings. The number of amides is 1. The molecule has 0 saturated heterocycles. The first kappa shape index (κ1) is 23.4. The number of carbonyl (C=O) groups excluding carboxylic acids is 1. The summed E-state index contributed by atoms with van der Waals surface area (Å²) in [6.07, 6.45) is 3.39. The van der Waals surface area contributed by atoms with Crippen LogP contribution < -0.4 is 0 Å². The lowest BCUT2D eigenvalue weighted by Crippen LogP contribution is -2.33. The van der Waals surface area contributed by atoms with Gasteiger partial charge in [0.1, 0.15) is 16.2 Å². The molecule has 0 spiro atoms. The van der Waals surface area contributed by atoms with Crippen molar-refractivity contribution in [1.82, 2.24) is 19.9 Å². The molecule has 4 rings (SSSR count). The van der Waals surface area contributed by atoms with Gasteiger partial charge in [0.25, 0.3) is 0 Å². The van der Waals surface area contributed by atoms with Crippen molar-refractivity contribution in [3.05, 3.63) is 23.1 Å². The number of ether oxygens (including phenoxy) is 1. The van der Waals surface area contributed by atoms with Gasteiger partial charge in [-0.25, -0.2) is 15.0 Å². The van der Waals surface area contributed by atoms with Gasteiger partial charge < -0.3 is 9.64 Å². The highest BCUT2D eigenvalue weighted by Gasteiger charge is 2.32. The van der Waals surface area contributed by atoms with E-state index in [-0.39, 0.29) is 11.5 Å². The van der Waals surface area contributed by atoms with Gasteiger partial charge in [0.05, 0.1) is 28.2 Å². The second-order valence-electron chi connectivity index (χ2n) is 9.33. The minimum Gasteiger partial charge on any atom is -0.370 e. The van der Waals surface area contributed by atoms with Gasteiger partial charge in [-0.15, -0.1) is 11.3 Å². The monoisotopic (exact) mass is 472 g/mol. The Balaban J connectivity index is 1.82. The van der Waals surface area contributed by atoms with Crippen LogP contribution in [0.5, 0.6) is 0 Å². The average molecular weight is 473 g/mol. The summed E-state index contributed by atoms with van der Waals surface area (Å²) in [4.78, 5) is 29.7. The number of fused-ring (bicyclic) bond motifs is 5. The number of hydrogen-bond donors (Lipinski definition) is 0. The highest BCUT2D eigenvalue weighted by Crippen LogP contribution is 2.43. The van der Waals surface area contributed by atoms with Gasteiger partial charge in [-0.05, 0) is 45.6 Å². The predicted octanol–water partition coefficient (Wildman–Crippen LogP) is 5.25. The van der Waals surface area contributed by atoms with Crippen LogP contribution in [0.1, 0.15) is 58.4 Å². The minimum atomic E-state index is -0.217. The SMILES string of the molecule is CCN(CC)C(=O)CSc1ncnc2c1sc1nc(CC(C)C)c3c(c12)CC(C)(C)OC3. The normalized spacial score (nSPS) is 15.5. The highest BCUT2D eigenvalue weighted by molar-refractivity contribution is 8.00. The third-order valence-corrected chi connectivity index (χ3v) is 8.11. The molecule has 0 atom stereocenters. The number of thioether (sulfide) groups is 1. The fourth-order valence-corrected chi connectivity index (χ4v) is 6.46. The molecule has 1 aliphatic heterocycles. The van der Waals surface area contributed by atoms with Crippen molar-refractivity contribution in [2.24, 2.45) is 5.92 Å². The van der Waals surface area contributed by atoms with Crippen molar-refractivity contribution in [3.63, 3.8) is 0 Å². The Morgan fingerprint density at radius 1 is 1.25 bits per heavy atom. The zero-order valence-electron chi connectivity index (χ0n) is 19.8. The topological polar surface area (TPSA) is 68.2 Å². The van der Waals surface area contributed by atoms with Crippen LogP contribution in [0.4, 0.5) is 0 Å². The molecule has 6 nitrogen and oxygen atoms in total. The maximum Gasteiger partial charge on any atom is 0.232 e. The van der Waals surface area contributed by atoms with E-state index in [1.807, 2.05) is 18.7 Å². The zero-order valence-corrected chi connectivity index (χ0v) is 21.5. The molecule has 1 aliphatic rings. The Labute approximate surface area is 198 Å². The molecule has 0 N–H and O–H groups in total. The van der Waals surface area contributed by atoms with Crippen molar-refractivity contribution in [3.8, 4) is 0 Å². The van der Waals surface area contributed by atoms with Crippen LogP contribution in [0.25, 0.3) is 20.4 Å². The van der Waals surface area contributed by atoms with E-state index in [4.69, 9.17) is 9.72 Å². The average Bonchev–Trinajstić information content (AvgIpc) is 3.11. The standard InChI is InChI=1S/C24H32N4O2S2/c1-7-28(8-2)18(29)12-31-23-21-20(25-13-26-23)19-15-10-24(5,6)30-11-16(15)17(9-14(3)4)27-22(19)32-21/h13-14H,7-12H2,1-6H3. The lowest BCUT2D eigenvalue weighted by atomic mass is 9.88. The number of thiophene rings is 1. The summed E-state index contributed by atoms with van der Waals surface area (Å²) in [5.74, 6) is 1.04. The lowest BCUT2D eigenvalue weighted by Gasteiger charge is -2.33. The van der Waals surface area contributed by atoms with Crippen LogP contribution in [-0.4, -0.2) is 50.2 Å². The van der Waals surface area contributed by atoms with E-state index in [0.717, 1.165) is 57.1 Å². The van der Waals surface area contributed by atoms with Crippen LogP contribution in [0.15, 0.2) is 11.4 Å². The summed E-state index contributed by atoms with van der Waals surface area (Å²) in [6.45, 7) is 14.8. The second kappa shape index (κ2) is 9.23. The molecular formula is C24H32N4O2S2. The van der Waals surface area contributed by atoms with Crippen LogP contribution in [-0.2, 0) is 29.0 Å². The molecule has 172 valence electrons. The molecule has 8 heteroatoms. The molecule has 0 fully saturated rings. The predicted molar refractivity (Wildman–Crippen MR) is 132 cm³/mol. The van der Waals surface area contributed by atoms with Gasteiger partial charge in [-0.1, -0.05) is 25.6 Å². The van der Waals surface area contributed by atoms with E-state index in [1.54, 1.807) is 17.7 Å². The van der Waals surface area contributed by atoms with Gasteiger partial charge >= 0.3 is 0 Å². The summed E-state index contributed by atoms with van der Waals surface area (Å²) in [5.41, 5.74) is 4.43. The van der Waals surface area contributed by atoms with Crippen molar-refractivity contribution >= 4 is 49.4 Å². The molecule has 32 heavy (non-hydrogen) atoms. The van der Waals surface area contributed by atoms with E-state index in [1.165, 1.54) is 22.9 Å². The van der Waals surface area contributed by atoms with Crippen molar-refractivity contribution in [1.29, 1.82) is 0 Å². The molecule has 0 unspecified atom stereocenters. The molecule has 0 radical (unpaired) electrons. The largest absolute Gasteiger partial charge is 0.370 e. The summed E-state index contributed by atoms with van der Waals surface area (Å²) < 4.78 is 7.20. The van der Waals surface area contributed by atoms with Crippen LogP contribution in [0, 0.1) is 5.92 Å². The van der Waals surface area contributed by atoms with Gasteiger partial charge in [0, 0.05) is 36.2 Å². The van der Waals surface area contributed by atoms with E-state index >= 15 is 0 Å². The maximum absolute atomic E-state index is 12.5. The van der Waals surface area contributed by atoms with Gasteiger partial charge in [-0.2, -0.15) is 0 Å². The quantitative estimate of drug-likeness (QED) is 0.346. The highest BCUT2D eigenvalue weighted by atomic mass is 32.2. The number of carbonyl (C=O) groups is 1. The first-order valence-corrected chi connectivity index (χ1v) is 13.2. The number of pyridine rings is 1.